The topological polar surface area (TPSA) is 90.5 Å². The van der Waals surface area contributed by atoms with E-state index in [4.69, 9.17) is 0 Å². The van der Waals surface area contributed by atoms with Crippen LogP contribution < -0.4 is 16.0 Å². The quantitative estimate of drug-likeness (QED) is 0.679. The first kappa shape index (κ1) is 20.5. The van der Waals surface area contributed by atoms with E-state index in [1.165, 1.54) is 12.5 Å². The Morgan fingerprint density at radius 3 is 2.03 bits per heavy atom. The molecule has 1 aliphatic heterocycles. The summed E-state index contributed by atoms with van der Waals surface area (Å²) in [4.78, 5) is 37.7. The molecule has 2 aromatic carbocycles. The van der Waals surface area contributed by atoms with Crippen LogP contribution in [0.25, 0.3) is 0 Å². The summed E-state index contributed by atoms with van der Waals surface area (Å²) >= 11 is 0. The van der Waals surface area contributed by atoms with Crippen LogP contribution in [0, 0.1) is 0 Å². The van der Waals surface area contributed by atoms with Crippen molar-refractivity contribution >= 4 is 29.1 Å². The molecule has 7 heteroatoms. The first-order valence-electron chi connectivity index (χ1n) is 9.75. The predicted molar refractivity (Wildman–Crippen MR) is 112 cm³/mol. The van der Waals surface area contributed by atoms with Crippen molar-refractivity contribution in [3.05, 3.63) is 60.2 Å². The number of carbonyl (C=O) groups is 3. The molecule has 0 bridgehead atoms. The Hall–Kier alpha value is -3.19. The molecule has 0 atom stereocenters. The third-order valence-corrected chi connectivity index (χ3v) is 4.84. The maximum atomic E-state index is 12.2. The number of piperidine rings is 1. The van der Waals surface area contributed by atoms with Crippen LogP contribution in [0.15, 0.2) is 54.6 Å². The summed E-state index contributed by atoms with van der Waals surface area (Å²) in [6, 6.07) is 16.9. The van der Waals surface area contributed by atoms with Crippen molar-refractivity contribution in [3.63, 3.8) is 0 Å². The van der Waals surface area contributed by atoms with Gasteiger partial charge in [0, 0.05) is 44.0 Å². The van der Waals surface area contributed by atoms with E-state index in [9.17, 15) is 14.4 Å². The van der Waals surface area contributed by atoms with E-state index in [-0.39, 0.29) is 11.9 Å². The molecule has 1 saturated heterocycles. The molecule has 7 nitrogen and oxygen atoms in total. The highest BCUT2D eigenvalue weighted by Gasteiger charge is 2.23. The molecular weight excluding hydrogens is 368 g/mol. The summed E-state index contributed by atoms with van der Waals surface area (Å²) in [5.41, 5.74) is 2.40. The number of benzene rings is 2. The highest BCUT2D eigenvalue weighted by Crippen LogP contribution is 2.15. The number of carbonyl (C=O) groups excluding carboxylic acids is 3. The highest BCUT2D eigenvalue weighted by molar-refractivity contribution is 6.39. The Bertz CT molecular complexity index is 844. The molecule has 2 aromatic rings. The lowest BCUT2D eigenvalue weighted by molar-refractivity contribution is -0.136. The zero-order valence-corrected chi connectivity index (χ0v) is 16.5. The van der Waals surface area contributed by atoms with Gasteiger partial charge in [0.05, 0.1) is 0 Å². The normalized spacial score (nSPS) is 14.8. The number of rotatable bonds is 5. The molecule has 0 aliphatic carbocycles. The number of nitrogens with zero attached hydrogens (tertiary/aromatic N) is 1. The molecule has 0 unspecified atom stereocenters. The third kappa shape index (κ3) is 6.43. The van der Waals surface area contributed by atoms with E-state index in [0.717, 1.165) is 32.5 Å². The van der Waals surface area contributed by atoms with Gasteiger partial charge in [-0.25, -0.2) is 0 Å². The van der Waals surface area contributed by atoms with Crippen LogP contribution >= 0.6 is 0 Å². The second-order valence-electron chi connectivity index (χ2n) is 7.22. The second-order valence-corrected chi connectivity index (χ2v) is 7.22. The maximum absolute atomic E-state index is 12.2. The van der Waals surface area contributed by atoms with Crippen LogP contribution in [-0.4, -0.2) is 41.8 Å². The molecule has 0 spiro atoms. The summed E-state index contributed by atoms with van der Waals surface area (Å²) < 4.78 is 0. The van der Waals surface area contributed by atoms with E-state index in [2.05, 4.69) is 33.0 Å². The minimum absolute atomic E-state index is 0.00224. The summed E-state index contributed by atoms with van der Waals surface area (Å²) in [5.74, 6) is -1.49. The van der Waals surface area contributed by atoms with E-state index >= 15 is 0 Å². The van der Waals surface area contributed by atoms with Gasteiger partial charge in [-0.1, -0.05) is 30.3 Å². The van der Waals surface area contributed by atoms with Crippen molar-refractivity contribution in [2.75, 3.05) is 23.7 Å². The smallest absolute Gasteiger partial charge is 0.313 e. The molecule has 0 aromatic heterocycles. The van der Waals surface area contributed by atoms with Gasteiger partial charge in [-0.05, 0) is 42.7 Å². The first-order chi connectivity index (χ1) is 14.0. The third-order valence-electron chi connectivity index (χ3n) is 4.84. The largest absolute Gasteiger partial charge is 0.345 e. The van der Waals surface area contributed by atoms with Gasteiger partial charge in [-0.15, -0.1) is 0 Å². The molecule has 0 saturated carbocycles. The van der Waals surface area contributed by atoms with E-state index in [1.807, 2.05) is 18.2 Å². The average molecular weight is 394 g/mol. The molecule has 3 rings (SSSR count). The van der Waals surface area contributed by atoms with Gasteiger partial charge >= 0.3 is 11.8 Å². The number of likely N-dealkylation sites (tertiary alicyclic amines) is 1. The summed E-state index contributed by atoms with van der Waals surface area (Å²) in [7, 11) is 0. The zero-order valence-electron chi connectivity index (χ0n) is 16.5. The first-order valence-corrected chi connectivity index (χ1v) is 9.75. The molecule has 3 amide bonds. The van der Waals surface area contributed by atoms with Crippen LogP contribution in [0.4, 0.5) is 11.4 Å². The average Bonchev–Trinajstić information content (AvgIpc) is 2.71. The van der Waals surface area contributed by atoms with Crippen molar-refractivity contribution in [2.45, 2.75) is 32.4 Å². The number of hydrogen-bond acceptors (Lipinski definition) is 4. The van der Waals surface area contributed by atoms with Crippen molar-refractivity contribution in [1.29, 1.82) is 0 Å². The molecule has 1 fully saturated rings. The number of amides is 3. The minimum Gasteiger partial charge on any atom is -0.345 e. The summed E-state index contributed by atoms with van der Waals surface area (Å²) in [6.45, 7) is 4.08. The maximum Gasteiger partial charge on any atom is 0.313 e. The Balaban J connectivity index is 1.42. The Morgan fingerprint density at radius 2 is 1.45 bits per heavy atom. The molecular formula is C22H26N4O3. The van der Waals surface area contributed by atoms with Crippen LogP contribution in [0.2, 0.25) is 0 Å². The van der Waals surface area contributed by atoms with Crippen LogP contribution in [0.3, 0.4) is 0 Å². The summed E-state index contributed by atoms with van der Waals surface area (Å²) in [5, 5.41) is 8.05. The van der Waals surface area contributed by atoms with Crippen LogP contribution in [0.5, 0.6) is 0 Å². The van der Waals surface area contributed by atoms with Gasteiger partial charge in [0.15, 0.2) is 0 Å². The van der Waals surface area contributed by atoms with Crippen LogP contribution in [0.1, 0.15) is 25.3 Å². The SMILES string of the molecule is CC(=O)Nc1ccc(NC(=O)C(=O)NC2CCN(Cc3ccccc3)CC2)cc1. The molecule has 1 heterocycles. The fourth-order valence-corrected chi connectivity index (χ4v) is 3.36. The Labute approximate surface area is 170 Å². The van der Waals surface area contributed by atoms with Crippen molar-refractivity contribution in [3.8, 4) is 0 Å². The lowest BCUT2D eigenvalue weighted by Crippen LogP contribution is -2.47. The standard InChI is InChI=1S/C22H26N4O3/c1-16(27)23-18-7-9-19(10-8-18)24-21(28)22(29)25-20-11-13-26(14-12-20)15-17-5-3-2-4-6-17/h2-10,20H,11-15H2,1H3,(H,23,27)(H,24,28)(H,25,29). The number of nitrogens with one attached hydrogen (secondary N) is 3. The van der Waals surface area contributed by atoms with Crippen molar-refractivity contribution in [1.82, 2.24) is 10.2 Å². The Morgan fingerprint density at radius 1 is 0.862 bits per heavy atom. The van der Waals surface area contributed by atoms with Gasteiger partial charge < -0.3 is 16.0 Å². The lowest BCUT2D eigenvalue weighted by atomic mass is 10.0. The van der Waals surface area contributed by atoms with Crippen molar-refractivity contribution in [2.24, 2.45) is 0 Å². The zero-order chi connectivity index (χ0) is 20.6. The van der Waals surface area contributed by atoms with E-state index in [1.54, 1.807) is 24.3 Å². The molecule has 1 aliphatic rings. The van der Waals surface area contributed by atoms with E-state index < -0.39 is 11.8 Å². The van der Waals surface area contributed by atoms with E-state index in [0.29, 0.717) is 11.4 Å². The molecule has 3 N–H and O–H groups in total. The van der Waals surface area contributed by atoms with Crippen molar-refractivity contribution < 1.29 is 14.4 Å². The molecule has 0 radical (unpaired) electrons. The molecule has 152 valence electrons. The molecule has 29 heavy (non-hydrogen) atoms. The second kappa shape index (κ2) is 9.84. The fourth-order valence-electron chi connectivity index (χ4n) is 3.36. The van der Waals surface area contributed by atoms with Gasteiger partial charge in [-0.3, -0.25) is 19.3 Å². The monoisotopic (exact) mass is 394 g/mol. The van der Waals surface area contributed by atoms with Gasteiger partial charge in [0.1, 0.15) is 0 Å². The van der Waals surface area contributed by atoms with Gasteiger partial charge in [0.2, 0.25) is 5.91 Å². The Kier molecular flexibility index (Phi) is 6.97. The minimum atomic E-state index is -0.691. The fraction of sp³-hybridized carbons (Fsp3) is 0.318. The predicted octanol–water partition coefficient (Wildman–Crippen LogP) is 2.36. The number of hydrogen-bond donors (Lipinski definition) is 3. The highest BCUT2D eigenvalue weighted by atomic mass is 16.2. The number of anilines is 2. The lowest BCUT2D eigenvalue weighted by Gasteiger charge is -2.32. The van der Waals surface area contributed by atoms with Gasteiger partial charge in [0.25, 0.3) is 0 Å². The summed E-state index contributed by atoms with van der Waals surface area (Å²) in [6.07, 6.45) is 1.63. The van der Waals surface area contributed by atoms with Crippen LogP contribution in [-0.2, 0) is 20.9 Å². The van der Waals surface area contributed by atoms with Gasteiger partial charge in [-0.2, -0.15) is 0 Å².